The highest BCUT2D eigenvalue weighted by Gasteiger charge is 2.22. The van der Waals surface area contributed by atoms with E-state index in [1.54, 1.807) is 0 Å². The molecule has 1 fully saturated rings. The van der Waals surface area contributed by atoms with E-state index in [1.807, 2.05) is 25.1 Å². The molecule has 2 heteroatoms. The summed E-state index contributed by atoms with van der Waals surface area (Å²) in [6.45, 7) is 2.84. The first-order valence-corrected chi connectivity index (χ1v) is 5.39. The molecule has 0 N–H and O–H groups in total. The van der Waals surface area contributed by atoms with Gasteiger partial charge in [-0.3, -0.25) is 0 Å². The largest absolute Gasteiger partial charge is 0.493 e. The molecule has 0 unspecified atom stereocenters. The molecular formula is C13H15NO. The first-order chi connectivity index (χ1) is 7.29. The Hall–Kier alpha value is -1.49. The fourth-order valence-corrected chi connectivity index (χ4v) is 1.56. The zero-order valence-corrected chi connectivity index (χ0v) is 8.99. The second kappa shape index (κ2) is 4.35. The molecule has 15 heavy (non-hydrogen) atoms. The Morgan fingerprint density at radius 1 is 1.47 bits per heavy atom. The average molecular weight is 201 g/mol. The SMILES string of the molecule is Cc1ccc(OCC2CC2)c(CC#N)c1. The molecule has 0 amide bonds. The number of nitriles is 1. The molecule has 0 aromatic heterocycles. The summed E-state index contributed by atoms with van der Waals surface area (Å²) in [5.74, 6) is 1.63. The Balaban J connectivity index is 2.09. The first-order valence-electron chi connectivity index (χ1n) is 5.39. The van der Waals surface area contributed by atoms with Gasteiger partial charge in [-0.1, -0.05) is 17.7 Å². The zero-order chi connectivity index (χ0) is 10.7. The maximum Gasteiger partial charge on any atom is 0.123 e. The fourth-order valence-electron chi connectivity index (χ4n) is 1.56. The summed E-state index contributed by atoms with van der Waals surface area (Å²) in [5, 5.41) is 8.72. The lowest BCUT2D eigenvalue weighted by Gasteiger charge is -2.09. The summed E-state index contributed by atoms with van der Waals surface area (Å²) >= 11 is 0. The number of benzene rings is 1. The maximum atomic E-state index is 8.72. The summed E-state index contributed by atoms with van der Waals surface area (Å²) in [6, 6.07) is 8.22. The molecule has 2 nitrogen and oxygen atoms in total. The van der Waals surface area contributed by atoms with Crippen LogP contribution < -0.4 is 4.74 Å². The molecule has 1 aliphatic carbocycles. The summed E-state index contributed by atoms with van der Waals surface area (Å²) in [7, 11) is 0. The molecule has 0 atom stereocenters. The van der Waals surface area contributed by atoms with Gasteiger partial charge in [-0.15, -0.1) is 0 Å². The van der Waals surface area contributed by atoms with Crippen molar-refractivity contribution in [3.05, 3.63) is 29.3 Å². The molecule has 1 aromatic carbocycles. The molecule has 1 saturated carbocycles. The van der Waals surface area contributed by atoms with Gasteiger partial charge in [-0.05, 0) is 31.7 Å². The third kappa shape index (κ3) is 2.73. The number of hydrogen-bond acceptors (Lipinski definition) is 2. The van der Waals surface area contributed by atoms with Crippen LogP contribution in [0.2, 0.25) is 0 Å². The van der Waals surface area contributed by atoms with Crippen LogP contribution in [-0.2, 0) is 6.42 Å². The van der Waals surface area contributed by atoms with Gasteiger partial charge in [0, 0.05) is 5.56 Å². The van der Waals surface area contributed by atoms with E-state index in [0.29, 0.717) is 6.42 Å². The molecule has 0 aliphatic heterocycles. The van der Waals surface area contributed by atoms with Gasteiger partial charge in [-0.2, -0.15) is 5.26 Å². The maximum absolute atomic E-state index is 8.72. The van der Waals surface area contributed by atoms with Gasteiger partial charge in [0.2, 0.25) is 0 Å². The van der Waals surface area contributed by atoms with Crippen LogP contribution in [0.5, 0.6) is 5.75 Å². The van der Waals surface area contributed by atoms with Gasteiger partial charge in [0.1, 0.15) is 5.75 Å². The van der Waals surface area contributed by atoms with Gasteiger partial charge >= 0.3 is 0 Å². The summed E-state index contributed by atoms with van der Waals surface area (Å²) in [4.78, 5) is 0. The van der Waals surface area contributed by atoms with Crippen LogP contribution in [-0.4, -0.2) is 6.61 Å². The average Bonchev–Trinajstić information content (AvgIpc) is 3.01. The highest BCUT2D eigenvalue weighted by Crippen LogP contribution is 2.30. The van der Waals surface area contributed by atoms with Gasteiger partial charge in [0.25, 0.3) is 0 Å². The van der Waals surface area contributed by atoms with E-state index in [0.717, 1.165) is 23.8 Å². The molecule has 78 valence electrons. The van der Waals surface area contributed by atoms with Gasteiger partial charge in [0.05, 0.1) is 19.1 Å². The van der Waals surface area contributed by atoms with E-state index < -0.39 is 0 Å². The van der Waals surface area contributed by atoms with Gasteiger partial charge in [0.15, 0.2) is 0 Å². The molecule has 0 spiro atoms. The first kappa shape index (κ1) is 10.0. The number of aryl methyl sites for hydroxylation is 1. The topological polar surface area (TPSA) is 33.0 Å². The van der Waals surface area contributed by atoms with E-state index in [9.17, 15) is 0 Å². The van der Waals surface area contributed by atoms with Crippen molar-refractivity contribution < 1.29 is 4.74 Å². The van der Waals surface area contributed by atoms with Crippen LogP contribution in [0.25, 0.3) is 0 Å². The van der Waals surface area contributed by atoms with Crippen LogP contribution >= 0.6 is 0 Å². The quantitative estimate of drug-likeness (QED) is 0.750. The molecule has 2 rings (SSSR count). The van der Waals surface area contributed by atoms with E-state index in [2.05, 4.69) is 6.07 Å². The lowest BCUT2D eigenvalue weighted by atomic mass is 10.1. The Bertz CT molecular complexity index is 388. The predicted octanol–water partition coefficient (Wildman–Crippen LogP) is 2.85. The Morgan fingerprint density at radius 3 is 2.93 bits per heavy atom. The third-order valence-corrected chi connectivity index (χ3v) is 2.66. The fraction of sp³-hybridized carbons (Fsp3) is 0.462. The van der Waals surface area contributed by atoms with Crippen molar-refractivity contribution in [3.8, 4) is 11.8 Å². The second-order valence-corrected chi connectivity index (χ2v) is 4.20. The molecule has 0 radical (unpaired) electrons. The van der Waals surface area contributed by atoms with Gasteiger partial charge < -0.3 is 4.74 Å². The van der Waals surface area contributed by atoms with E-state index >= 15 is 0 Å². The van der Waals surface area contributed by atoms with Crippen molar-refractivity contribution in [2.45, 2.75) is 26.2 Å². The van der Waals surface area contributed by atoms with Crippen molar-refractivity contribution in [2.24, 2.45) is 5.92 Å². The zero-order valence-electron chi connectivity index (χ0n) is 8.99. The van der Waals surface area contributed by atoms with Crippen molar-refractivity contribution in [1.29, 1.82) is 5.26 Å². The van der Waals surface area contributed by atoms with E-state index in [1.165, 1.54) is 18.4 Å². The molecule has 1 aliphatic rings. The summed E-state index contributed by atoms with van der Waals surface area (Å²) in [6.07, 6.45) is 3.01. The number of rotatable bonds is 4. The van der Waals surface area contributed by atoms with Crippen LogP contribution in [0.3, 0.4) is 0 Å². The van der Waals surface area contributed by atoms with Crippen molar-refractivity contribution >= 4 is 0 Å². The minimum Gasteiger partial charge on any atom is -0.493 e. The Kier molecular flexibility index (Phi) is 2.91. The normalized spacial score (nSPS) is 14.7. The number of nitrogens with zero attached hydrogens (tertiary/aromatic N) is 1. The van der Waals surface area contributed by atoms with Crippen LogP contribution in [0.15, 0.2) is 18.2 Å². The monoisotopic (exact) mass is 201 g/mol. The van der Waals surface area contributed by atoms with E-state index in [4.69, 9.17) is 10.00 Å². The summed E-state index contributed by atoms with van der Waals surface area (Å²) in [5.41, 5.74) is 2.19. The molecular weight excluding hydrogens is 186 g/mol. The highest BCUT2D eigenvalue weighted by atomic mass is 16.5. The van der Waals surface area contributed by atoms with Gasteiger partial charge in [-0.25, -0.2) is 0 Å². The van der Waals surface area contributed by atoms with Crippen molar-refractivity contribution in [3.63, 3.8) is 0 Å². The summed E-state index contributed by atoms with van der Waals surface area (Å²) < 4.78 is 5.72. The molecule has 0 bridgehead atoms. The predicted molar refractivity (Wildman–Crippen MR) is 58.7 cm³/mol. The smallest absolute Gasteiger partial charge is 0.123 e. The Morgan fingerprint density at radius 2 is 2.27 bits per heavy atom. The van der Waals surface area contributed by atoms with Crippen molar-refractivity contribution in [2.75, 3.05) is 6.61 Å². The standard InChI is InChI=1S/C13H15NO/c1-10-2-5-13(12(8-10)6-7-14)15-9-11-3-4-11/h2,5,8,11H,3-4,6,9H2,1H3. The van der Waals surface area contributed by atoms with Crippen LogP contribution in [0.4, 0.5) is 0 Å². The molecule has 1 aromatic rings. The minimum atomic E-state index is 0.432. The second-order valence-electron chi connectivity index (χ2n) is 4.20. The highest BCUT2D eigenvalue weighted by molar-refractivity contribution is 5.38. The van der Waals surface area contributed by atoms with E-state index in [-0.39, 0.29) is 0 Å². The Labute approximate surface area is 90.5 Å². The number of hydrogen-bond donors (Lipinski definition) is 0. The van der Waals surface area contributed by atoms with Crippen molar-refractivity contribution in [1.82, 2.24) is 0 Å². The number of ether oxygens (including phenoxy) is 1. The lowest BCUT2D eigenvalue weighted by Crippen LogP contribution is -2.01. The third-order valence-electron chi connectivity index (χ3n) is 2.66. The van der Waals surface area contributed by atoms with Crippen LogP contribution in [0, 0.1) is 24.2 Å². The molecule has 0 saturated heterocycles. The minimum absolute atomic E-state index is 0.432. The van der Waals surface area contributed by atoms with Crippen LogP contribution in [0.1, 0.15) is 24.0 Å². The molecule has 0 heterocycles. The lowest BCUT2D eigenvalue weighted by molar-refractivity contribution is 0.297.